The number of carbonyl (C=O) groups excluding carboxylic acids is 1. The van der Waals surface area contributed by atoms with Gasteiger partial charge in [-0.2, -0.15) is 0 Å². The molecule has 0 spiro atoms. The molecule has 0 bridgehead atoms. The van der Waals surface area contributed by atoms with Gasteiger partial charge in [0, 0.05) is 5.56 Å². The van der Waals surface area contributed by atoms with E-state index in [1.807, 2.05) is 30.3 Å². The maximum absolute atomic E-state index is 14.0. The number of methoxy groups -OCH3 is 3. The van der Waals surface area contributed by atoms with Gasteiger partial charge in [-0.05, 0) is 65.4 Å². The van der Waals surface area contributed by atoms with E-state index in [0.29, 0.717) is 26.4 Å². The van der Waals surface area contributed by atoms with Gasteiger partial charge in [-0.25, -0.2) is 9.79 Å². The smallest absolute Gasteiger partial charge is 0.337 e. The van der Waals surface area contributed by atoms with E-state index in [-0.39, 0.29) is 11.6 Å². The number of nitrogens with zero attached hydrogens (tertiary/aromatic N) is 2. The van der Waals surface area contributed by atoms with E-state index in [1.54, 1.807) is 43.1 Å². The van der Waals surface area contributed by atoms with Crippen LogP contribution >= 0.6 is 11.3 Å². The molecule has 4 aromatic rings. The Bertz CT molecular complexity index is 1810. The van der Waals surface area contributed by atoms with Crippen LogP contribution in [0, 0.1) is 0 Å². The minimum atomic E-state index is -0.401. The Balaban J connectivity index is 1.56. The number of hydrogen-bond donors (Lipinski definition) is 0. The summed E-state index contributed by atoms with van der Waals surface area (Å²) in [5, 5.41) is 0. The molecule has 196 valence electrons. The number of rotatable bonds is 5. The van der Waals surface area contributed by atoms with E-state index in [9.17, 15) is 9.59 Å². The summed E-state index contributed by atoms with van der Waals surface area (Å²) in [5.74, 6) is 0.840. The summed E-state index contributed by atoms with van der Waals surface area (Å²) in [6, 6.07) is 20.8. The van der Waals surface area contributed by atoms with Crippen LogP contribution in [0.5, 0.6) is 11.5 Å². The van der Waals surface area contributed by atoms with E-state index in [1.165, 1.54) is 24.0 Å². The first-order chi connectivity index (χ1) is 19.0. The number of ether oxygens (including phenoxy) is 3. The van der Waals surface area contributed by atoms with E-state index in [2.05, 4.69) is 18.2 Å². The molecular weight excluding hydrogens is 512 g/mol. The van der Waals surface area contributed by atoms with Gasteiger partial charge in [-0.15, -0.1) is 0 Å². The number of fused-ring (bicyclic) bond motifs is 3. The summed E-state index contributed by atoms with van der Waals surface area (Å²) in [5.41, 5.74) is 6.51. The molecule has 0 fully saturated rings. The number of carbonyl (C=O) groups is 1. The van der Waals surface area contributed by atoms with Crippen molar-refractivity contribution < 1.29 is 19.0 Å². The van der Waals surface area contributed by atoms with Crippen LogP contribution in [-0.2, 0) is 11.2 Å². The Kier molecular flexibility index (Phi) is 6.40. The van der Waals surface area contributed by atoms with Crippen LogP contribution in [0.25, 0.3) is 11.8 Å². The van der Waals surface area contributed by atoms with Crippen LogP contribution in [0.15, 0.2) is 82.1 Å². The van der Waals surface area contributed by atoms with Crippen LogP contribution in [-0.4, -0.2) is 31.9 Å². The first-order valence-electron chi connectivity index (χ1n) is 12.6. The molecular formula is C31H26N2O5S. The number of benzene rings is 3. The Morgan fingerprint density at radius 3 is 2.49 bits per heavy atom. The van der Waals surface area contributed by atoms with Crippen molar-refractivity contribution in [2.45, 2.75) is 18.9 Å². The fourth-order valence-electron chi connectivity index (χ4n) is 5.33. The lowest BCUT2D eigenvalue weighted by atomic mass is 9.83. The molecule has 8 heteroatoms. The summed E-state index contributed by atoms with van der Waals surface area (Å²) in [6.45, 7) is 0. The third-order valence-corrected chi connectivity index (χ3v) is 8.21. The van der Waals surface area contributed by atoms with Crippen molar-refractivity contribution in [3.63, 3.8) is 0 Å². The van der Waals surface area contributed by atoms with Gasteiger partial charge in [0.05, 0.1) is 43.2 Å². The van der Waals surface area contributed by atoms with Crippen LogP contribution in [0.3, 0.4) is 0 Å². The monoisotopic (exact) mass is 538 g/mol. The Hall–Kier alpha value is -4.43. The van der Waals surface area contributed by atoms with Crippen LogP contribution < -0.4 is 24.4 Å². The molecule has 1 aliphatic carbocycles. The molecule has 3 aromatic carbocycles. The summed E-state index contributed by atoms with van der Waals surface area (Å²) in [4.78, 5) is 31.5. The van der Waals surface area contributed by atoms with Gasteiger partial charge >= 0.3 is 5.97 Å². The highest BCUT2D eigenvalue weighted by Gasteiger charge is 2.33. The molecule has 6 rings (SSSR count). The topological polar surface area (TPSA) is 79.1 Å². The zero-order valence-corrected chi connectivity index (χ0v) is 22.6. The molecule has 2 aliphatic rings. The van der Waals surface area contributed by atoms with Crippen LogP contribution in [0.1, 0.15) is 45.1 Å². The van der Waals surface area contributed by atoms with Gasteiger partial charge in [0.2, 0.25) is 0 Å². The molecule has 1 unspecified atom stereocenters. The van der Waals surface area contributed by atoms with Crippen LogP contribution in [0.4, 0.5) is 0 Å². The maximum Gasteiger partial charge on any atom is 0.337 e. The first-order valence-corrected chi connectivity index (χ1v) is 13.4. The van der Waals surface area contributed by atoms with E-state index in [4.69, 9.17) is 19.2 Å². The van der Waals surface area contributed by atoms with Crippen molar-refractivity contribution in [1.29, 1.82) is 0 Å². The first kappa shape index (κ1) is 24.9. The van der Waals surface area contributed by atoms with Gasteiger partial charge < -0.3 is 14.2 Å². The minimum absolute atomic E-state index is 0.110. The Labute approximate surface area is 228 Å². The summed E-state index contributed by atoms with van der Waals surface area (Å²) >= 11 is 1.36. The average Bonchev–Trinajstić information content (AvgIpc) is 3.29. The summed E-state index contributed by atoms with van der Waals surface area (Å²) < 4.78 is 18.2. The molecule has 0 saturated carbocycles. The van der Waals surface area contributed by atoms with Gasteiger partial charge in [-0.3, -0.25) is 9.36 Å². The van der Waals surface area contributed by atoms with Gasteiger partial charge in [0.15, 0.2) is 16.3 Å². The van der Waals surface area contributed by atoms with Gasteiger partial charge in [0.25, 0.3) is 5.56 Å². The SMILES string of the molecule is COC(=O)c1ccc(C=c2sc3n(c2=O)C(c2ccc(OC)c(OC)c2)C2=C(N=3)c3ccccc3CC2)cc1. The highest BCUT2D eigenvalue weighted by Crippen LogP contribution is 2.42. The molecule has 1 atom stereocenters. The fraction of sp³-hybridized carbons (Fsp3) is 0.194. The van der Waals surface area contributed by atoms with E-state index in [0.717, 1.165) is 40.8 Å². The Morgan fingerprint density at radius 1 is 0.974 bits per heavy atom. The summed E-state index contributed by atoms with van der Waals surface area (Å²) in [6.07, 6.45) is 3.52. The number of esters is 1. The predicted molar refractivity (Wildman–Crippen MR) is 150 cm³/mol. The third-order valence-electron chi connectivity index (χ3n) is 7.23. The van der Waals surface area contributed by atoms with Crippen LogP contribution in [0.2, 0.25) is 0 Å². The van der Waals surface area contributed by atoms with Crippen molar-refractivity contribution in [3.05, 3.63) is 120 Å². The number of aromatic nitrogens is 1. The Morgan fingerprint density at radius 2 is 1.74 bits per heavy atom. The quantitative estimate of drug-likeness (QED) is 0.357. The molecule has 39 heavy (non-hydrogen) atoms. The average molecular weight is 539 g/mol. The number of thiazole rings is 1. The zero-order chi connectivity index (χ0) is 27.1. The molecule has 1 aliphatic heterocycles. The zero-order valence-electron chi connectivity index (χ0n) is 21.8. The maximum atomic E-state index is 14.0. The second kappa shape index (κ2) is 10.0. The molecule has 0 saturated heterocycles. The highest BCUT2D eigenvalue weighted by atomic mass is 32.1. The van der Waals surface area contributed by atoms with Crippen molar-refractivity contribution >= 4 is 29.1 Å². The van der Waals surface area contributed by atoms with Crippen molar-refractivity contribution in [3.8, 4) is 11.5 Å². The lowest BCUT2D eigenvalue weighted by Crippen LogP contribution is -2.38. The molecule has 0 amide bonds. The molecule has 2 heterocycles. The van der Waals surface area contributed by atoms with E-state index >= 15 is 0 Å². The third kappa shape index (κ3) is 4.27. The second-order valence-electron chi connectivity index (χ2n) is 9.34. The van der Waals surface area contributed by atoms with E-state index < -0.39 is 5.97 Å². The number of aryl methyl sites for hydroxylation is 1. The van der Waals surface area contributed by atoms with Gasteiger partial charge in [-0.1, -0.05) is 53.8 Å². The lowest BCUT2D eigenvalue weighted by molar-refractivity contribution is 0.0600. The van der Waals surface area contributed by atoms with Crippen molar-refractivity contribution in [2.24, 2.45) is 4.99 Å². The normalized spacial score (nSPS) is 16.1. The molecule has 7 nitrogen and oxygen atoms in total. The highest BCUT2D eigenvalue weighted by molar-refractivity contribution is 7.07. The van der Waals surface area contributed by atoms with Crippen molar-refractivity contribution in [2.75, 3.05) is 21.3 Å². The number of allylic oxidation sites excluding steroid dienone is 1. The minimum Gasteiger partial charge on any atom is -0.493 e. The predicted octanol–water partition coefficient (Wildman–Crippen LogP) is 4.12. The molecule has 1 aromatic heterocycles. The molecule has 0 radical (unpaired) electrons. The standard InChI is InChI=1S/C31H26N2O5S/c1-36-24-15-13-21(17-25(24)37-2)28-23-14-12-19-6-4-5-7-22(19)27(23)32-31-33(28)29(34)26(39-31)16-18-8-10-20(11-9-18)30(35)38-3/h4-11,13,15-17,28H,12,14H2,1-3H3. The van der Waals surface area contributed by atoms with Gasteiger partial charge in [0.1, 0.15) is 0 Å². The lowest BCUT2D eigenvalue weighted by Gasteiger charge is -2.31. The molecule has 0 N–H and O–H groups in total. The largest absolute Gasteiger partial charge is 0.493 e. The number of hydrogen-bond acceptors (Lipinski definition) is 7. The summed E-state index contributed by atoms with van der Waals surface area (Å²) in [7, 11) is 4.57. The van der Waals surface area contributed by atoms with Crippen molar-refractivity contribution in [1.82, 2.24) is 4.57 Å². The second-order valence-corrected chi connectivity index (χ2v) is 10.4. The fourth-order valence-corrected chi connectivity index (χ4v) is 6.33.